The van der Waals surface area contributed by atoms with Crippen molar-refractivity contribution in [3.05, 3.63) is 17.7 Å². The van der Waals surface area contributed by atoms with E-state index in [9.17, 15) is 9.59 Å². The minimum atomic E-state index is -0.458. The Balaban J connectivity index is 1.64. The quantitative estimate of drug-likeness (QED) is 0.216. The summed E-state index contributed by atoms with van der Waals surface area (Å²) < 4.78 is 30.9. The van der Waals surface area contributed by atoms with Crippen LogP contribution in [0.15, 0.2) is 12.1 Å². The van der Waals surface area contributed by atoms with E-state index in [2.05, 4.69) is 34.6 Å². The van der Waals surface area contributed by atoms with E-state index in [1.165, 1.54) is 12.8 Å². The van der Waals surface area contributed by atoms with Gasteiger partial charge < -0.3 is 23.7 Å². The summed E-state index contributed by atoms with van der Waals surface area (Å²) in [5.41, 5.74) is 0.613. The van der Waals surface area contributed by atoms with Crippen LogP contribution < -0.4 is 14.2 Å². The monoisotopic (exact) mass is 528 g/mol. The van der Waals surface area contributed by atoms with Gasteiger partial charge in [0.25, 0.3) is 0 Å². The van der Waals surface area contributed by atoms with E-state index in [-0.39, 0.29) is 59.6 Å². The molecule has 0 N–H and O–H groups in total. The number of ether oxygens (including phenoxy) is 5. The second-order valence-electron chi connectivity index (χ2n) is 12.8. The first-order chi connectivity index (χ1) is 18.0. The summed E-state index contributed by atoms with van der Waals surface area (Å²) in [6, 6.07) is 3.51. The van der Waals surface area contributed by atoms with E-state index >= 15 is 0 Å². The van der Waals surface area contributed by atoms with Crippen LogP contribution in [0.2, 0.25) is 0 Å². The maximum Gasteiger partial charge on any atom is 0.311 e. The Bertz CT molecular complexity index is 1100. The van der Waals surface area contributed by atoms with Gasteiger partial charge in [-0.05, 0) is 61.8 Å². The number of fused-ring (bicyclic) bond motifs is 4. The molecule has 0 amide bonds. The van der Waals surface area contributed by atoms with Gasteiger partial charge in [0.05, 0.1) is 6.10 Å². The van der Waals surface area contributed by atoms with Crippen molar-refractivity contribution < 1.29 is 33.3 Å². The molecular weight excluding hydrogens is 484 g/mol. The molecule has 7 atom stereocenters. The van der Waals surface area contributed by atoms with Gasteiger partial charge in [0, 0.05) is 30.4 Å². The molecule has 2 heterocycles. The van der Waals surface area contributed by atoms with Gasteiger partial charge >= 0.3 is 11.9 Å². The van der Waals surface area contributed by atoms with E-state index in [4.69, 9.17) is 23.7 Å². The Morgan fingerprint density at radius 2 is 1.61 bits per heavy atom. The molecule has 210 valence electrons. The average molecular weight is 529 g/mol. The first kappa shape index (κ1) is 27.4. The molecule has 2 saturated carbocycles. The molecule has 0 spiro atoms. The van der Waals surface area contributed by atoms with Crippen molar-refractivity contribution in [2.75, 3.05) is 0 Å². The first-order valence-corrected chi connectivity index (χ1v) is 14.5. The smallest absolute Gasteiger partial charge is 0.311 e. The molecule has 7 heteroatoms. The third kappa shape index (κ3) is 4.64. The zero-order valence-corrected chi connectivity index (χ0v) is 24.1. The highest BCUT2D eigenvalue weighted by molar-refractivity contribution is 5.76. The SMILES string of the molecule is CCC(=O)Oc1cc2c(cc1OC(=O)CC)[C@@H](OC1OC1CC)[C@@H]1[C@@]3(C)CCCC(C)(C)[C@@H]3CC[C@]1(C)O2. The van der Waals surface area contributed by atoms with Crippen LogP contribution in [0.25, 0.3) is 0 Å². The predicted octanol–water partition coefficient (Wildman–Crippen LogP) is 6.90. The van der Waals surface area contributed by atoms with Crippen LogP contribution in [0.1, 0.15) is 112 Å². The van der Waals surface area contributed by atoms with Crippen molar-refractivity contribution in [2.24, 2.45) is 22.7 Å². The number of epoxide rings is 1. The summed E-state index contributed by atoms with van der Waals surface area (Å²) in [4.78, 5) is 24.6. The minimum Gasteiger partial charge on any atom is -0.487 e. The molecule has 7 nitrogen and oxygen atoms in total. The highest BCUT2D eigenvalue weighted by Crippen LogP contribution is 2.68. The summed E-state index contributed by atoms with van der Waals surface area (Å²) >= 11 is 0. The average Bonchev–Trinajstić information content (AvgIpc) is 3.61. The molecule has 2 aliphatic carbocycles. The molecular formula is C31H44O7. The van der Waals surface area contributed by atoms with Gasteiger partial charge in [0.2, 0.25) is 0 Å². The number of benzene rings is 1. The number of rotatable bonds is 7. The summed E-state index contributed by atoms with van der Waals surface area (Å²) in [5, 5.41) is 0. The summed E-state index contributed by atoms with van der Waals surface area (Å²) in [5.74, 6) is 0.877. The number of carbonyl (C=O) groups is 2. The third-order valence-corrected chi connectivity index (χ3v) is 9.85. The van der Waals surface area contributed by atoms with Crippen LogP contribution in [-0.2, 0) is 19.1 Å². The van der Waals surface area contributed by atoms with E-state index in [1.54, 1.807) is 26.0 Å². The van der Waals surface area contributed by atoms with E-state index in [0.717, 1.165) is 31.2 Å². The van der Waals surface area contributed by atoms with Crippen LogP contribution in [0.5, 0.6) is 17.2 Å². The maximum atomic E-state index is 12.4. The molecule has 4 aliphatic rings. The molecule has 2 aliphatic heterocycles. The lowest BCUT2D eigenvalue weighted by atomic mass is 9.44. The largest absolute Gasteiger partial charge is 0.487 e. The third-order valence-electron chi connectivity index (χ3n) is 9.85. The number of carbonyl (C=O) groups excluding carboxylic acids is 2. The highest BCUT2D eigenvalue weighted by Gasteiger charge is 2.64. The fourth-order valence-electron chi connectivity index (χ4n) is 8.00. The molecule has 1 aromatic carbocycles. The second-order valence-corrected chi connectivity index (χ2v) is 12.8. The van der Waals surface area contributed by atoms with Crippen molar-refractivity contribution >= 4 is 11.9 Å². The molecule has 3 fully saturated rings. The topological polar surface area (TPSA) is 83.6 Å². The normalized spacial score (nSPS) is 36.7. The summed E-state index contributed by atoms with van der Waals surface area (Å²) in [7, 11) is 0. The van der Waals surface area contributed by atoms with Gasteiger partial charge in [-0.3, -0.25) is 9.59 Å². The van der Waals surface area contributed by atoms with Crippen molar-refractivity contribution in [3.63, 3.8) is 0 Å². The molecule has 0 aromatic heterocycles. The molecule has 0 bridgehead atoms. The molecule has 38 heavy (non-hydrogen) atoms. The standard InChI is InChI=1S/C31H44O7/c1-8-19-28(36-19)37-26-18-16-21(34-24(32)9-2)22(35-25(33)10-3)17-20(18)38-31(7)15-12-23-29(4,5)13-11-14-30(23,6)27(26)31/h16-17,19,23,26-28H,8-15H2,1-7H3/t19?,23-,26+,27+,28?,30-,31-/m0/s1. The van der Waals surface area contributed by atoms with Crippen LogP contribution in [0, 0.1) is 22.7 Å². The van der Waals surface area contributed by atoms with Crippen LogP contribution in [0.3, 0.4) is 0 Å². The lowest BCUT2D eigenvalue weighted by Gasteiger charge is -2.64. The van der Waals surface area contributed by atoms with Crippen LogP contribution in [-0.4, -0.2) is 29.9 Å². The van der Waals surface area contributed by atoms with Gasteiger partial charge in [-0.1, -0.05) is 48.0 Å². The Labute approximate surface area is 226 Å². The summed E-state index contributed by atoms with van der Waals surface area (Å²) in [6.45, 7) is 15.1. The first-order valence-electron chi connectivity index (χ1n) is 14.5. The maximum absolute atomic E-state index is 12.4. The Kier molecular flexibility index (Phi) is 7.09. The molecule has 0 radical (unpaired) electrons. The molecule has 5 rings (SSSR count). The number of hydrogen-bond donors (Lipinski definition) is 0. The van der Waals surface area contributed by atoms with Crippen LogP contribution >= 0.6 is 0 Å². The Morgan fingerprint density at radius 3 is 2.21 bits per heavy atom. The van der Waals surface area contributed by atoms with E-state index in [1.807, 2.05) is 0 Å². The second kappa shape index (κ2) is 9.81. The molecule has 2 unspecified atom stereocenters. The highest BCUT2D eigenvalue weighted by atomic mass is 16.8. The van der Waals surface area contributed by atoms with Gasteiger partial charge in [-0.25, -0.2) is 0 Å². The van der Waals surface area contributed by atoms with Gasteiger partial charge in [-0.2, -0.15) is 0 Å². The van der Waals surface area contributed by atoms with E-state index in [0.29, 0.717) is 11.7 Å². The van der Waals surface area contributed by atoms with Crippen molar-refractivity contribution in [1.82, 2.24) is 0 Å². The van der Waals surface area contributed by atoms with Gasteiger partial charge in [0.15, 0.2) is 17.8 Å². The lowest BCUT2D eigenvalue weighted by Crippen LogP contribution is -2.63. The minimum absolute atomic E-state index is 0.00130. The molecule has 1 saturated heterocycles. The number of esters is 2. The Hall–Kier alpha value is -2.12. The predicted molar refractivity (Wildman–Crippen MR) is 142 cm³/mol. The number of hydrogen-bond acceptors (Lipinski definition) is 7. The zero-order valence-electron chi connectivity index (χ0n) is 24.1. The zero-order chi connectivity index (χ0) is 27.5. The molecule has 1 aromatic rings. The lowest BCUT2D eigenvalue weighted by molar-refractivity contribution is -0.220. The summed E-state index contributed by atoms with van der Waals surface area (Å²) in [6.07, 6.45) is 6.36. The van der Waals surface area contributed by atoms with Crippen molar-refractivity contribution in [2.45, 2.75) is 124 Å². The van der Waals surface area contributed by atoms with Crippen LogP contribution in [0.4, 0.5) is 0 Å². The van der Waals surface area contributed by atoms with Gasteiger partial charge in [0.1, 0.15) is 17.5 Å². The fourth-order valence-corrected chi connectivity index (χ4v) is 8.00. The van der Waals surface area contributed by atoms with Gasteiger partial charge in [-0.15, -0.1) is 0 Å². The van der Waals surface area contributed by atoms with E-state index < -0.39 is 17.5 Å². The fraction of sp³-hybridized carbons (Fsp3) is 0.742. The van der Waals surface area contributed by atoms with Crippen molar-refractivity contribution in [3.8, 4) is 17.2 Å². The van der Waals surface area contributed by atoms with Crippen molar-refractivity contribution in [1.29, 1.82) is 0 Å². The Morgan fingerprint density at radius 1 is 0.947 bits per heavy atom.